The van der Waals surface area contributed by atoms with Crippen LogP contribution in [0.25, 0.3) is 22.0 Å². The van der Waals surface area contributed by atoms with E-state index in [1.807, 2.05) is 48.5 Å². The number of hydrogen-bond donors (Lipinski definition) is 0. The summed E-state index contributed by atoms with van der Waals surface area (Å²) >= 11 is 6.00. The molecular weight excluding hydrogens is 270 g/mol. The normalized spacial score (nSPS) is 10.7. The molecule has 0 spiro atoms. The summed E-state index contributed by atoms with van der Waals surface area (Å²) in [5.41, 5.74) is 3.73. The van der Waals surface area contributed by atoms with Crippen molar-refractivity contribution >= 4 is 28.3 Å². The average molecular weight is 282 g/mol. The maximum absolute atomic E-state index is 11.3. The van der Waals surface area contributed by atoms with Gasteiger partial charge in [0.2, 0.25) is 0 Å². The number of carbonyl (C=O) groups excluding carboxylic acids is 1. The molecule has 0 radical (unpaired) electrons. The van der Waals surface area contributed by atoms with Crippen molar-refractivity contribution in [2.24, 2.45) is 0 Å². The topological polar surface area (TPSA) is 30.0 Å². The summed E-state index contributed by atoms with van der Waals surface area (Å²) in [4.78, 5) is 15.7. The second-order valence-corrected chi connectivity index (χ2v) is 5.09. The SMILES string of the molecule is CC(=O)c1ccc(-c2ccnc3cc(Cl)ccc23)cc1. The molecule has 1 heterocycles. The first-order chi connectivity index (χ1) is 9.65. The van der Waals surface area contributed by atoms with Gasteiger partial charge < -0.3 is 0 Å². The number of ketones is 1. The van der Waals surface area contributed by atoms with E-state index in [-0.39, 0.29) is 5.78 Å². The molecule has 1 aromatic heterocycles. The summed E-state index contributed by atoms with van der Waals surface area (Å²) in [5.74, 6) is 0.0721. The molecule has 0 saturated carbocycles. The van der Waals surface area contributed by atoms with E-state index in [1.165, 1.54) is 0 Å². The Hall–Kier alpha value is -2.19. The van der Waals surface area contributed by atoms with Crippen LogP contribution < -0.4 is 0 Å². The van der Waals surface area contributed by atoms with Gasteiger partial charge in [-0.05, 0) is 36.2 Å². The third kappa shape index (κ3) is 2.30. The van der Waals surface area contributed by atoms with Gasteiger partial charge in [0, 0.05) is 22.2 Å². The summed E-state index contributed by atoms with van der Waals surface area (Å²) in [7, 11) is 0. The second kappa shape index (κ2) is 5.06. The van der Waals surface area contributed by atoms with Crippen LogP contribution in [0.15, 0.2) is 54.7 Å². The van der Waals surface area contributed by atoms with Crippen molar-refractivity contribution in [1.82, 2.24) is 4.98 Å². The van der Waals surface area contributed by atoms with Gasteiger partial charge in [-0.1, -0.05) is 41.9 Å². The van der Waals surface area contributed by atoms with Crippen LogP contribution in [0.3, 0.4) is 0 Å². The molecular formula is C17H12ClNO. The quantitative estimate of drug-likeness (QED) is 0.634. The number of benzene rings is 2. The molecule has 0 unspecified atom stereocenters. The van der Waals surface area contributed by atoms with Gasteiger partial charge >= 0.3 is 0 Å². The summed E-state index contributed by atoms with van der Waals surface area (Å²) in [6.07, 6.45) is 1.77. The van der Waals surface area contributed by atoms with Crippen molar-refractivity contribution in [2.45, 2.75) is 6.92 Å². The minimum absolute atomic E-state index is 0.0721. The monoisotopic (exact) mass is 281 g/mol. The highest BCUT2D eigenvalue weighted by molar-refractivity contribution is 6.31. The number of hydrogen-bond acceptors (Lipinski definition) is 2. The van der Waals surface area contributed by atoms with Crippen LogP contribution in [0, 0.1) is 0 Å². The third-order valence-electron chi connectivity index (χ3n) is 3.31. The number of fused-ring (bicyclic) bond motifs is 1. The van der Waals surface area contributed by atoms with Gasteiger partial charge in [-0.2, -0.15) is 0 Å². The second-order valence-electron chi connectivity index (χ2n) is 4.65. The van der Waals surface area contributed by atoms with Gasteiger partial charge in [-0.3, -0.25) is 9.78 Å². The third-order valence-corrected chi connectivity index (χ3v) is 3.54. The van der Waals surface area contributed by atoms with Crippen LogP contribution in [-0.2, 0) is 0 Å². The number of nitrogens with zero attached hydrogens (tertiary/aromatic N) is 1. The zero-order valence-corrected chi connectivity index (χ0v) is 11.7. The smallest absolute Gasteiger partial charge is 0.159 e. The predicted octanol–water partition coefficient (Wildman–Crippen LogP) is 4.76. The minimum Gasteiger partial charge on any atom is -0.295 e. The van der Waals surface area contributed by atoms with Crippen LogP contribution in [-0.4, -0.2) is 10.8 Å². The van der Waals surface area contributed by atoms with Gasteiger partial charge in [-0.15, -0.1) is 0 Å². The lowest BCUT2D eigenvalue weighted by molar-refractivity contribution is 0.101. The molecule has 0 saturated heterocycles. The van der Waals surface area contributed by atoms with Crippen molar-refractivity contribution in [3.8, 4) is 11.1 Å². The highest BCUT2D eigenvalue weighted by atomic mass is 35.5. The largest absolute Gasteiger partial charge is 0.295 e. The van der Waals surface area contributed by atoms with Crippen LogP contribution in [0.1, 0.15) is 17.3 Å². The summed E-state index contributed by atoms with van der Waals surface area (Å²) in [6, 6.07) is 15.3. The Morgan fingerprint density at radius 1 is 1.05 bits per heavy atom. The molecule has 0 atom stereocenters. The molecule has 3 rings (SSSR count). The van der Waals surface area contributed by atoms with Crippen LogP contribution >= 0.6 is 11.6 Å². The summed E-state index contributed by atoms with van der Waals surface area (Å²) in [5, 5.41) is 1.72. The van der Waals surface area contributed by atoms with E-state index in [1.54, 1.807) is 13.1 Å². The number of halogens is 1. The van der Waals surface area contributed by atoms with Gasteiger partial charge in [0.1, 0.15) is 0 Å². The molecule has 0 N–H and O–H groups in total. The predicted molar refractivity (Wildman–Crippen MR) is 82.2 cm³/mol. The molecule has 0 fully saturated rings. The van der Waals surface area contributed by atoms with Crippen molar-refractivity contribution in [2.75, 3.05) is 0 Å². The van der Waals surface area contributed by atoms with E-state index < -0.39 is 0 Å². The van der Waals surface area contributed by atoms with Crippen LogP contribution in [0.2, 0.25) is 5.02 Å². The highest BCUT2D eigenvalue weighted by Crippen LogP contribution is 2.29. The maximum Gasteiger partial charge on any atom is 0.159 e. The van der Waals surface area contributed by atoms with E-state index in [0.29, 0.717) is 5.02 Å². The Labute approximate surface area is 122 Å². The fraction of sp³-hybridized carbons (Fsp3) is 0.0588. The summed E-state index contributed by atoms with van der Waals surface area (Å²) < 4.78 is 0. The Bertz CT molecular complexity index is 794. The standard InChI is InChI=1S/C17H12ClNO/c1-11(20)12-2-4-13(5-3-12)15-8-9-19-17-10-14(18)6-7-16(15)17/h2-10H,1H3. The lowest BCUT2D eigenvalue weighted by Crippen LogP contribution is -1.91. The Balaban J connectivity index is 2.16. The fourth-order valence-electron chi connectivity index (χ4n) is 2.26. The zero-order chi connectivity index (χ0) is 14.1. The van der Waals surface area contributed by atoms with Crippen molar-refractivity contribution in [3.63, 3.8) is 0 Å². The molecule has 2 nitrogen and oxygen atoms in total. The first kappa shape index (κ1) is 12.8. The number of pyridine rings is 1. The van der Waals surface area contributed by atoms with Gasteiger partial charge in [0.05, 0.1) is 5.52 Å². The number of aromatic nitrogens is 1. The molecule has 2 aromatic carbocycles. The van der Waals surface area contributed by atoms with Crippen molar-refractivity contribution in [3.05, 3.63) is 65.3 Å². The Morgan fingerprint density at radius 3 is 2.50 bits per heavy atom. The molecule has 20 heavy (non-hydrogen) atoms. The lowest BCUT2D eigenvalue weighted by Gasteiger charge is -2.07. The van der Waals surface area contributed by atoms with Crippen LogP contribution in [0.4, 0.5) is 0 Å². The lowest BCUT2D eigenvalue weighted by atomic mass is 9.99. The minimum atomic E-state index is 0.0721. The van der Waals surface area contributed by atoms with Gasteiger partial charge in [-0.25, -0.2) is 0 Å². The zero-order valence-electron chi connectivity index (χ0n) is 10.9. The number of carbonyl (C=O) groups is 1. The van der Waals surface area contributed by atoms with E-state index in [0.717, 1.165) is 27.6 Å². The van der Waals surface area contributed by atoms with Crippen molar-refractivity contribution in [1.29, 1.82) is 0 Å². The highest BCUT2D eigenvalue weighted by Gasteiger charge is 2.06. The van der Waals surface area contributed by atoms with Crippen molar-refractivity contribution < 1.29 is 4.79 Å². The maximum atomic E-state index is 11.3. The van der Waals surface area contributed by atoms with E-state index in [4.69, 9.17) is 11.6 Å². The molecule has 0 bridgehead atoms. The molecule has 0 amide bonds. The van der Waals surface area contributed by atoms with Gasteiger partial charge in [0.15, 0.2) is 5.78 Å². The first-order valence-corrected chi connectivity index (χ1v) is 6.68. The molecule has 0 aliphatic carbocycles. The Morgan fingerprint density at radius 2 is 1.80 bits per heavy atom. The van der Waals surface area contributed by atoms with E-state index >= 15 is 0 Å². The fourth-order valence-corrected chi connectivity index (χ4v) is 2.42. The Kier molecular flexibility index (Phi) is 3.25. The van der Waals surface area contributed by atoms with E-state index in [9.17, 15) is 4.79 Å². The molecule has 3 heteroatoms. The number of rotatable bonds is 2. The first-order valence-electron chi connectivity index (χ1n) is 6.31. The molecule has 0 aliphatic heterocycles. The molecule has 0 aliphatic rings. The van der Waals surface area contributed by atoms with Gasteiger partial charge in [0.25, 0.3) is 0 Å². The average Bonchev–Trinajstić information content (AvgIpc) is 2.46. The van der Waals surface area contributed by atoms with Crippen LogP contribution in [0.5, 0.6) is 0 Å². The number of Topliss-reactive ketones (excluding diaryl/α,β-unsaturated/α-hetero) is 1. The summed E-state index contributed by atoms with van der Waals surface area (Å²) in [6.45, 7) is 1.57. The van der Waals surface area contributed by atoms with E-state index in [2.05, 4.69) is 4.98 Å². The molecule has 3 aromatic rings. The molecule has 98 valence electrons.